The van der Waals surface area contributed by atoms with Crippen LogP contribution in [0.3, 0.4) is 0 Å². The fourth-order valence-electron chi connectivity index (χ4n) is 3.18. The molecule has 0 bridgehead atoms. The minimum Gasteiger partial charge on any atom is -0.497 e. The van der Waals surface area contributed by atoms with E-state index in [4.69, 9.17) is 15.2 Å². The Morgan fingerprint density at radius 3 is 2.59 bits per heavy atom. The average molecular weight is 428 g/mol. The maximum atomic E-state index is 9.29. The molecule has 0 spiro atoms. The standard InChI is InChI=1S/C22H20N8O2/c1-31-13-17-5-3-4-16(25-17)11-30-12-21(28-29-30)20-9-19(26-22(24)27-20)15-6-14(10-23)7-18(8-15)32-2/h3-9,12H,11,13H2,1-2H3,(H2,24,26,27). The quantitative estimate of drug-likeness (QED) is 0.470. The van der Waals surface area contributed by atoms with Crippen LogP contribution in [0.2, 0.25) is 0 Å². The van der Waals surface area contributed by atoms with Crippen molar-refractivity contribution >= 4 is 5.95 Å². The molecule has 2 N–H and O–H groups in total. The highest BCUT2D eigenvalue weighted by Gasteiger charge is 2.13. The lowest BCUT2D eigenvalue weighted by Crippen LogP contribution is -2.04. The SMILES string of the molecule is COCc1cccc(Cn2cc(-c3cc(-c4cc(C#N)cc(OC)c4)nc(N)n3)nn2)n1. The van der Waals surface area contributed by atoms with Crippen molar-refractivity contribution in [2.75, 3.05) is 20.0 Å². The molecule has 0 atom stereocenters. The Balaban J connectivity index is 1.63. The van der Waals surface area contributed by atoms with Crippen LogP contribution in [-0.2, 0) is 17.9 Å². The molecule has 4 rings (SSSR count). The summed E-state index contributed by atoms with van der Waals surface area (Å²) in [4.78, 5) is 13.1. The Kier molecular flexibility index (Phi) is 6.00. The predicted molar refractivity (Wildman–Crippen MR) is 116 cm³/mol. The molecule has 3 aromatic heterocycles. The molecule has 10 heteroatoms. The van der Waals surface area contributed by atoms with E-state index in [1.807, 2.05) is 18.2 Å². The topological polar surface area (TPSA) is 138 Å². The molecule has 0 radical (unpaired) electrons. The summed E-state index contributed by atoms with van der Waals surface area (Å²) < 4.78 is 12.1. The summed E-state index contributed by atoms with van der Waals surface area (Å²) in [6, 6.07) is 14.7. The number of nitrogen functional groups attached to an aromatic ring is 1. The molecular formula is C22H20N8O2. The normalized spacial score (nSPS) is 10.7. The van der Waals surface area contributed by atoms with Gasteiger partial charge in [0.05, 0.1) is 60.9 Å². The summed E-state index contributed by atoms with van der Waals surface area (Å²) in [5.74, 6) is 0.634. The number of ether oxygens (including phenoxy) is 2. The lowest BCUT2D eigenvalue weighted by atomic mass is 10.1. The number of aromatic nitrogens is 6. The average Bonchev–Trinajstić information content (AvgIpc) is 3.27. The number of benzene rings is 1. The number of methoxy groups -OCH3 is 2. The van der Waals surface area contributed by atoms with Crippen molar-refractivity contribution in [3.8, 4) is 34.5 Å². The molecule has 0 saturated heterocycles. The van der Waals surface area contributed by atoms with Crippen molar-refractivity contribution in [3.63, 3.8) is 0 Å². The Labute approximate surface area is 184 Å². The molecule has 0 amide bonds. The van der Waals surface area contributed by atoms with Crippen molar-refractivity contribution in [3.05, 3.63) is 65.6 Å². The number of nitrogens with two attached hydrogens (primary N) is 1. The predicted octanol–water partition coefficient (Wildman–Crippen LogP) is 2.45. The zero-order chi connectivity index (χ0) is 22.5. The van der Waals surface area contributed by atoms with Gasteiger partial charge in [-0.1, -0.05) is 11.3 Å². The maximum Gasteiger partial charge on any atom is 0.221 e. The maximum absolute atomic E-state index is 9.29. The third kappa shape index (κ3) is 4.69. The molecule has 0 fully saturated rings. The second-order valence-corrected chi connectivity index (χ2v) is 6.91. The summed E-state index contributed by atoms with van der Waals surface area (Å²) in [6.45, 7) is 0.886. The van der Waals surface area contributed by atoms with Crippen molar-refractivity contribution in [2.45, 2.75) is 13.2 Å². The lowest BCUT2D eigenvalue weighted by Gasteiger charge is -2.07. The molecule has 10 nitrogen and oxygen atoms in total. The van der Waals surface area contributed by atoms with Crippen molar-refractivity contribution in [2.24, 2.45) is 0 Å². The van der Waals surface area contributed by atoms with E-state index in [1.165, 1.54) is 7.11 Å². The third-order valence-corrected chi connectivity index (χ3v) is 4.59. The molecule has 0 saturated carbocycles. The van der Waals surface area contributed by atoms with Gasteiger partial charge in [-0.2, -0.15) is 5.26 Å². The van der Waals surface area contributed by atoms with Gasteiger partial charge in [0.2, 0.25) is 5.95 Å². The van der Waals surface area contributed by atoms with Gasteiger partial charge in [-0.05, 0) is 36.4 Å². The molecule has 160 valence electrons. The first kappa shape index (κ1) is 20.9. The summed E-state index contributed by atoms with van der Waals surface area (Å²) in [7, 11) is 3.17. The largest absolute Gasteiger partial charge is 0.497 e. The zero-order valence-corrected chi connectivity index (χ0v) is 17.6. The van der Waals surface area contributed by atoms with E-state index in [-0.39, 0.29) is 5.95 Å². The van der Waals surface area contributed by atoms with Crippen LogP contribution in [0.15, 0.2) is 48.7 Å². The van der Waals surface area contributed by atoms with Crippen LogP contribution >= 0.6 is 0 Å². The van der Waals surface area contributed by atoms with Crippen LogP contribution < -0.4 is 10.5 Å². The molecule has 0 unspecified atom stereocenters. The van der Waals surface area contributed by atoms with Crippen molar-refractivity contribution in [1.82, 2.24) is 29.9 Å². The first-order valence-corrected chi connectivity index (χ1v) is 9.66. The molecule has 0 aliphatic heterocycles. The number of hydrogen-bond donors (Lipinski definition) is 1. The smallest absolute Gasteiger partial charge is 0.221 e. The van der Waals surface area contributed by atoms with Gasteiger partial charge in [0.1, 0.15) is 11.4 Å². The van der Waals surface area contributed by atoms with E-state index < -0.39 is 0 Å². The number of hydrogen-bond acceptors (Lipinski definition) is 9. The highest BCUT2D eigenvalue weighted by Crippen LogP contribution is 2.27. The Bertz CT molecular complexity index is 1300. The van der Waals surface area contributed by atoms with Gasteiger partial charge in [-0.3, -0.25) is 4.98 Å². The van der Waals surface area contributed by atoms with E-state index in [0.717, 1.165) is 11.4 Å². The van der Waals surface area contributed by atoms with Crippen LogP contribution in [0.1, 0.15) is 17.0 Å². The van der Waals surface area contributed by atoms with E-state index >= 15 is 0 Å². The number of anilines is 1. The number of rotatable bonds is 7. The van der Waals surface area contributed by atoms with Gasteiger partial charge in [0, 0.05) is 12.7 Å². The van der Waals surface area contributed by atoms with Gasteiger partial charge in [-0.25, -0.2) is 14.6 Å². The molecule has 0 aliphatic carbocycles. The molecular weight excluding hydrogens is 408 g/mol. The Morgan fingerprint density at radius 2 is 1.81 bits per heavy atom. The van der Waals surface area contributed by atoms with Crippen LogP contribution in [0.5, 0.6) is 5.75 Å². The number of nitrogens with zero attached hydrogens (tertiary/aromatic N) is 7. The van der Waals surface area contributed by atoms with Crippen molar-refractivity contribution in [1.29, 1.82) is 5.26 Å². The summed E-state index contributed by atoms with van der Waals surface area (Å²) >= 11 is 0. The number of nitriles is 1. The first-order valence-electron chi connectivity index (χ1n) is 9.66. The Morgan fingerprint density at radius 1 is 1.00 bits per heavy atom. The summed E-state index contributed by atoms with van der Waals surface area (Å²) in [6.07, 6.45) is 1.77. The fourth-order valence-corrected chi connectivity index (χ4v) is 3.18. The van der Waals surface area contributed by atoms with Gasteiger partial charge in [-0.15, -0.1) is 5.10 Å². The first-order chi connectivity index (χ1) is 15.6. The minimum atomic E-state index is 0.0855. The summed E-state index contributed by atoms with van der Waals surface area (Å²) in [5, 5.41) is 17.7. The summed E-state index contributed by atoms with van der Waals surface area (Å²) in [5.41, 5.74) is 10.4. The zero-order valence-electron chi connectivity index (χ0n) is 17.6. The highest BCUT2D eigenvalue weighted by molar-refractivity contribution is 5.69. The molecule has 1 aromatic carbocycles. The van der Waals surface area contributed by atoms with E-state index in [9.17, 15) is 5.26 Å². The Hall–Kier alpha value is -4.36. The van der Waals surface area contributed by atoms with Crippen molar-refractivity contribution < 1.29 is 9.47 Å². The lowest BCUT2D eigenvalue weighted by molar-refractivity contribution is 0.181. The number of pyridine rings is 1. The molecule has 32 heavy (non-hydrogen) atoms. The van der Waals surface area contributed by atoms with E-state index in [2.05, 4.69) is 31.3 Å². The fraction of sp³-hybridized carbons (Fsp3) is 0.182. The highest BCUT2D eigenvalue weighted by atomic mass is 16.5. The molecule has 3 heterocycles. The second-order valence-electron chi connectivity index (χ2n) is 6.91. The van der Waals surface area contributed by atoms with Gasteiger partial charge >= 0.3 is 0 Å². The van der Waals surface area contributed by atoms with Crippen LogP contribution in [0.25, 0.3) is 22.6 Å². The van der Waals surface area contributed by atoms with E-state index in [1.54, 1.807) is 42.3 Å². The molecule has 0 aliphatic rings. The van der Waals surface area contributed by atoms with Gasteiger partial charge in [0.25, 0.3) is 0 Å². The minimum absolute atomic E-state index is 0.0855. The molecule has 4 aromatic rings. The second kappa shape index (κ2) is 9.20. The third-order valence-electron chi connectivity index (χ3n) is 4.59. The van der Waals surface area contributed by atoms with Crippen LogP contribution in [0, 0.1) is 11.3 Å². The van der Waals surface area contributed by atoms with Crippen LogP contribution in [-0.4, -0.2) is 44.2 Å². The van der Waals surface area contributed by atoms with E-state index in [0.29, 0.717) is 47.1 Å². The monoisotopic (exact) mass is 428 g/mol. The van der Waals surface area contributed by atoms with Gasteiger partial charge in [0.15, 0.2) is 0 Å². The van der Waals surface area contributed by atoms with Gasteiger partial charge < -0.3 is 15.2 Å². The van der Waals surface area contributed by atoms with Crippen LogP contribution in [0.4, 0.5) is 5.95 Å².